The van der Waals surface area contributed by atoms with Gasteiger partial charge in [-0.3, -0.25) is 4.79 Å². The van der Waals surface area contributed by atoms with E-state index in [1.807, 2.05) is 53.4 Å². The highest BCUT2D eigenvalue weighted by Gasteiger charge is 2.33. The Morgan fingerprint density at radius 2 is 1.78 bits per heavy atom. The molecular weight excluding hydrogens is 468 g/mol. The minimum Gasteiger partial charge on any atom is -0.398 e. The molecule has 0 aliphatic carbocycles. The van der Waals surface area contributed by atoms with Crippen molar-refractivity contribution in [2.75, 3.05) is 43.7 Å². The van der Waals surface area contributed by atoms with Crippen molar-refractivity contribution in [1.82, 2.24) is 0 Å². The van der Waals surface area contributed by atoms with Crippen molar-refractivity contribution in [2.24, 2.45) is 0 Å². The third kappa shape index (κ3) is 5.83. The van der Waals surface area contributed by atoms with E-state index >= 15 is 0 Å². The fourth-order valence-corrected chi connectivity index (χ4v) is 5.65. The number of anilines is 2. The molecule has 1 aliphatic heterocycles. The zero-order chi connectivity index (χ0) is 25.7. The summed E-state index contributed by atoms with van der Waals surface area (Å²) in [5, 5.41) is 11.1. The Kier molecular flexibility index (Phi) is 8.18. The average Bonchev–Trinajstić information content (AvgIpc) is 3.25. The number of nitrogens with zero attached hydrogens (tertiary/aromatic N) is 3. The summed E-state index contributed by atoms with van der Waals surface area (Å²) < 4.78 is 0.907. The Hall–Kier alpha value is -3.07. The molecule has 0 saturated heterocycles. The quantitative estimate of drug-likeness (QED) is 0.155. The first-order valence-corrected chi connectivity index (χ1v) is 13.3. The monoisotopic (exact) mass is 503 g/mol. The molecule has 3 aromatic rings. The molecule has 0 spiro atoms. The maximum Gasteiger partial charge on any atom is 0.227 e. The van der Waals surface area contributed by atoms with Crippen LogP contribution in [-0.2, 0) is 11.3 Å². The summed E-state index contributed by atoms with van der Waals surface area (Å²) in [4.78, 5) is 15.1. The highest BCUT2D eigenvalue weighted by Crippen LogP contribution is 2.44. The van der Waals surface area contributed by atoms with Crippen LogP contribution in [0, 0.1) is 11.3 Å². The first-order chi connectivity index (χ1) is 17.3. The van der Waals surface area contributed by atoms with Gasteiger partial charge in [0.25, 0.3) is 0 Å². The molecule has 3 aromatic carbocycles. The minimum atomic E-state index is 0.132. The molecule has 0 saturated carbocycles. The van der Waals surface area contributed by atoms with Crippen molar-refractivity contribution in [2.45, 2.75) is 44.6 Å². The molecule has 0 aromatic heterocycles. The number of amides is 1. The number of hydrogen-bond donors (Lipinski definition) is 1. The van der Waals surface area contributed by atoms with Gasteiger partial charge in [0, 0.05) is 47.1 Å². The van der Waals surface area contributed by atoms with E-state index in [4.69, 9.17) is 22.6 Å². The van der Waals surface area contributed by atoms with Crippen LogP contribution < -0.4 is 10.6 Å². The van der Waals surface area contributed by atoms with Crippen LogP contribution in [0.4, 0.5) is 11.4 Å². The van der Waals surface area contributed by atoms with Crippen molar-refractivity contribution in [3.63, 3.8) is 0 Å². The molecule has 1 atom stereocenters. The Labute approximate surface area is 219 Å². The second-order valence-electron chi connectivity index (χ2n) is 10.6. The van der Waals surface area contributed by atoms with Crippen molar-refractivity contribution in [1.29, 1.82) is 5.26 Å². The van der Waals surface area contributed by atoms with Gasteiger partial charge in [0.1, 0.15) is 6.54 Å². The second kappa shape index (κ2) is 11.3. The van der Waals surface area contributed by atoms with Crippen LogP contribution in [0.25, 0.3) is 10.8 Å². The minimum absolute atomic E-state index is 0.132. The number of carbonyl (C=O) groups is 1. The predicted molar refractivity (Wildman–Crippen MR) is 149 cm³/mol. The van der Waals surface area contributed by atoms with Crippen LogP contribution >= 0.6 is 11.6 Å². The van der Waals surface area contributed by atoms with Gasteiger partial charge in [-0.05, 0) is 48.4 Å². The topological polar surface area (TPSA) is 70.1 Å². The number of rotatable bonds is 10. The number of hydrogen-bond acceptors (Lipinski definition) is 3. The van der Waals surface area contributed by atoms with Crippen LogP contribution in [0.15, 0.2) is 54.6 Å². The van der Waals surface area contributed by atoms with Crippen LogP contribution in [0.3, 0.4) is 0 Å². The van der Waals surface area contributed by atoms with E-state index in [0.29, 0.717) is 30.1 Å². The van der Waals surface area contributed by atoms with E-state index in [1.165, 1.54) is 5.56 Å². The summed E-state index contributed by atoms with van der Waals surface area (Å²) in [7, 11) is 4.49. The largest absolute Gasteiger partial charge is 0.398 e. The SMILES string of the molecule is C[N+](C)(CCCCCCC(=O)N1CC(CCl)c2c1cc(N)c1ccccc21)Cc1ccc(C#N)cc1. The Morgan fingerprint density at radius 3 is 2.47 bits per heavy atom. The molecule has 4 rings (SSSR count). The smallest absolute Gasteiger partial charge is 0.227 e. The molecule has 0 radical (unpaired) electrons. The van der Waals surface area contributed by atoms with Crippen molar-refractivity contribution in [3.05, 3.63) is 71.3 Å². The summed E-state index contributed by atoms with van der Waals surface area (Å²) in [6, 6.07) is 20.1. The van der Waals surface area contributed by atoms with Gasteiger partial charge in [-0.1, -0.05) is 42.8 Å². The fourth-order valence-electron chi connectivity index (χ4n) is 5.40. The highest BCUT2D eigenvalue weighted by molar-refractivity contribution is 6.19. The van der Waals surface area contributed by atoms with Gasteiger partial charge in [0.15, 0.2) is 0 Å². The molecule has 1 aliphatic rings. The van der Waals surface area contributed by atoms with Crippen LogP contribution in [0.2, 0.25) is 0 Å². The van der Waals surface area contributed by atoms with Gasteiger partial charge in [-0.15, -0.1) is 11.6 Å². The predicted octanol–water partition coefficient (Wildman–Crippen LogP) is 6.19. The molecule has 36 heavy (non-hydrogen) atoms. The normalized spacial score (nSPS) is 15.2. The second-order valence-corrected chi connectivity index (χ2v) is 10.9. The molecule has 188 valence electrons. The lowest BCUT2D eigenvalue weighted by molar-refractivity contribution is -0.903. The Balaban J connectivity index is 1.26. The first kappa shape index (κ1) is 26.0. The van der Waals surface area contributed by atoms with Crippen molar-refractivity contribution >= 4 is 39.7 Å². The lowest BCUT2D eigenvalue weighted by atomic mass is 9.95. The number of unbranched alkanes of at least 4 members (excludes halogenated alkanes) is 3. The first-order valence-electron chi connectivity index (χ1n) is 12.8. The number of quaternary nitrogens is 1. The zero-order valence-electron chi connectivity index (χ0n) is 21.3. The van der Waals surface area contributed by atoms with Crippen LogP contribution in [0.1, 0.15) is 54.7 Å². The van der Waals surface area contributed by atoms with E-state index in [2.05, 4.69) is 26.2 Å². The average molecular weight is 504 g/mol. The van der Waals surface area contributed by atoms with Crippen LogP contribution in [-0.4, -0.2) is 43.5 Å². The number of nitrogen functional groups attached to an aromatic ring is 1. The van der Waals surface area contributed by atoms with Gasteiger partial charge in [-0.2, -0.15) is 5.26 Å². The van der Waals surface area contributed by atoms with E-state index < -0.39 is 0 Å². The number of halogens is 1. The standard InChI is InChI=1S/C30H36ClN4O/c1-35(2,21-23-14-12-22(19-32)13-15-23)16-8-4-3-5-11-29(36)34-20-24(18-31)30-26-10-7-6-9-25(26)27(33)17-28(30)34/h6-7,9-10,12-15,17,24H,3-5,8,11,16,18,20-21,33H2,1-2H3/q+1. The summed E-state index contributed by atoms with van der Waals surface area (Å²) >= 11 is 6.33. The zero-order valence-corrected chi connectivity index (χ0v) is 22.1. The molecule has 0 bridgehead atoms. The highest BCUT2D eigenvalue weighted by atomic mass is 35.5. The molecule has 0 fully saturated rings. The summed E-state index contributed by atoms with van der Waals surface area (Å²) in [6.45, 7) is 2.65. The van der Waals surface area contributed by atoms with Gasteiger partial charge in [0.05, 0.1) is 32.3 Å². The lowest BCUT2D eigenvalue weighted by Gasteiger charge is -2.30. The molecule has 1 amide bonds. The number of benzene rings is 3. The molecule has 5 nitrogen and oxygen atoms in total. The maximum absolute atomic E-state index is 13.2. The number of nitrogens with two attached hydrogens (primary N) is 1. The van der Waals surface area contributed by atoms with E-state index in [9.17, 15) is 4.79 Å². The van der Waals surface area contributed by atoms with Gasteiger partial charge < -0.3 is 15.1 Å². The van der Waals surface area contributed by atoms with E-state index in [1.54, 1.807) is 0 Å². The van der Waals surface area contributed by atoms with Crippen molar-refractivity contribution < 1.29 is 9.28 Å². The number of nitriles is 1. The van der Waals surface area contributed by atoms with Crippen LogP contribution in [0.5, 0.6) is 0 Å². The molecule has 1 heterocycles. The third-order valence-corrected chi connectivity index (χ3v) is 7.66. The number of carbonyl (C=O) groups excluding carboxylic acids is 1. The van der Waals surface area contributed by atoms with E-state index in [-0.39, 0.29) is 11.8 Å². The number of fused-ring (bicyclic) bond motifs is 3. The number of alkyl halides is 1. The Morgan fingerprint density at radius 1 is 1.08 bits per heavy atom. The summed E-state index contributed by atoms with van der Waals surface area (Å²) in [6.07, 6.45) is 4.72. The van der Waals surface area contributed by atoms with Gasteiger partial charge in [-0.25, -0.2) is 0 Å². The van der Waals surface area contributed by atoms with E-state index in [0.717, 1.165) is 65.3 Å². The van der Waals surface area contributed by atoms with Gasteiger partial charge >= 0.3 is 0 Å². The molecule has 2 N–H and O–H groups in total. The van der Waals surface area contributed by atoms with Gasteiger partial charge in [0.2, 0.25) is 5.91 Å². The maximum atomic E-state index is 13.2. The summed E-state index contributed by atoms with van der Waals surface area (Å²) in [5.41, 5.74) is 11.1. The fraction of sp³-hybridized carbons (Fsp3) is 0.400. The third-order valence-electron chi connectivity index (χ3n) is 7.28. The van der Waals surface area contributed by atoms with Crippen molar-refractivity contribution in [3.8, 4) is 6.07 Å². The summed E-state index contributed by atoms with van der Waals surface area (Å²) in [5.74, 6) is 0.781. The molecule has 1 unspecified atom stereocenters. The molecule has 6 heteroatoms. The lowest BCUT2D eigenvalue weighted by Crippen LogP contribution is -2.39. The Bertz CT molecular complexity index is 1260. The molecular formula is C30H36ClN4O+.